The number of amides is 1. The Bertz CT molecular complexity index is 542. The van der Waals surface area contributed by atoms with Crippen molar-refractivity contribution in [3.8, 4) is 5.75 Å². The Morgan fingerprint density at radius 2 is 2.17 bits per heavy atom. The number of hydrogen-bond donors (Lipinski definition) is 1. The highest BCUT2D eigenvalue weighted by atomic mass is 16.5. The number of ether oxygens (including phenoxy) is 1. The number of benzene rings is 1. The lowest BCUT2D eigenvalue weighted by molar-refractivity contribution is -0.127. The van der Waals surface area contributed by atoms with Gasteiger partial charge in [0.1, 0.15) is 5.75 Å². The van der Waals surface area contributed by atoms with E-state index in [0.717, 1.165) is 23.9 Å². The van der Waals surface area contributed by atoms with Crippen LogP contribution in [0.4, 0.5) is 0 Å². The normalized spacial score (nSPS) is 23.3. The molecule has 126 valence electrons. The van der Waals surface area contributed by atoms with Gasteiger partial charge in [0.25, 0.3) is 5.91 Å². The van der Waals surface area contributed by atoms with E-state index in [4.69, 9.17) is 4.74 Å². The van der Waals surface area contributed by atoms with Crippen LogP contribution in [0, 0.1) is 6.92 Å². The van der Waals surface area contributed by atoms with E-state index in [0.29, 0.717) is 6.04 Å². The number of hydrogen-bond acceptors (Lipinski definition) is 3. The molecule has 1 aromatic carbocycles. The lowest BCUT2D eigenvalue weighted by atomic mass is 10.0. The number of carbonyl (C=O) groups excluding carboxylic acids is 1. The first-order valence-electron chi connectivity index (χ1n) is 8.90. The van der Waals surface area contributed by atoms with Crippen LogP contribution in [-0.2, 0) is 4.79 Å². The van der Waals surface area contributed by atoms with Crippen molar-refractivity contribution in [3.05, 3.63) is 29.8 Å². The van der Waals surface area contributed by atoms with E-state index in [1.54, 1.807) is 0 Å². The molecule has 0 aromatic heterocycles. The summed E-state index contributed by atoms with van der Waals surface area (Å²) in [6.07, 6.45) is 5.97. The molecular weight excluding hydrogens is 288 g/mol. The van der Waals surface area contributed by atoms with E-state index in [-0.39, 0.29) is 5.91 Å². The van der Waals surface area contributed by atoms with Crippen molar-refractivity contribution in [1.82, 2.24) is 10.2 Å². The average Bonchev–Trinajstić information content (AvgIpc) is 3.37. The summed E-state index contributed by atoms with van der Waals surface area (Å²) in [5.74, 6) is 0.734. The Morgan fingerprint density at radius 3 is 2.91 bits per heavy atom. The quantitative estimate of drug-likeness (QED) is 0.877. The van der Waals surface area contributed by atoms with E-state index in [1.807, 2.05) is 38.1 Å². The molecule has 1 amide bonds. The van der Waals surface area contributed by atoms with E-state index in [9.17, 15) is 4.79 Å². The predicted octanol–water partition coefficient (Wildman–Crippen LogP) is 2.90. The van der Waals surface area contributed by atoms with Gasteiger partial charge in [-0.25, -0.2) is 0 Å². The van der Waals surface area contributed by atoms with Crippen LogP contribution in [0.5, 0.6) is 5.75 Å². The van der Waals surface area contributed by atoms with Gasteiger partial charge in [-0.3, -0.25) is 9.69 Å². The van der Waals surface area contributed by atoms with Crippen molar-refractivity contribution in [2.75, 3.05) is 13.1 Å². The van der Waals surface area contributed by atoms with Gasteiger partial charge in [-0.1, -0.05) is 18.6 Å². The van der Waals surface area contributed by atoms with Gasteiger partial charge in [0.05, 0.1) is 0 Å². The number of nitrogens with one attached hydrogen (secondary N) is 1. The molecule has 1 aliphatic carbocycles. The molecule has 1 heterocycles. The number of rotatable bonds is 6. The molecule has 4 nitrogen and oxygen atoms in total. The molecule has 1 aliphatic heterocycles. The molecule has 0 bridgehead atoms. The van der Waals surface area contributed by atoms with Crippen LogP contribution in [0.25, 0.3) is 0 Å². The average molecular weight is 316 g/mol. The first-order chi connectivity index (χ1) is 11.1. The van der Waals surface area contributed by atoms with Gasteiger partial charge in [0, 0.05) is 18.6 Å². The van der Waals surface area contributed by atoms with Crippen LogP contribution in [0.3, 0.4) is 0 Å². The fourth-order valence-corrected chi connectivity index (χ4v) is 3.44. The molecule has 2 atom stereocenters. The zero-order valence-electron chi connectivity index (χ0n) is 14.3. The highest BCUT2D eigenvalue weighted by molar-refractivity contribution is 5.80. The first kappa shape index (κ1) is 16.3. The minimum atomic E-state index is -0.463. The Morgan fingerprint density at radius 1 is 1.35 bits per heavy atom. The molecule has 4 heteroatoms. The lowest BCUT2D eigenvalue weighted by Crippen LogP contribution is -2.49. The van der Waals surface area contributed by atoms with Crippen molar-refractivity contribution < 1.29 is 9.53 Å². The van der Waals surface area contributed by atoms with Crippen LogP contribution < -0.4 is 10.1 Å². The topological polar surface area (TPSA) is 41.6 Å². The third kappa shape index (κ3) is 4.47. The third-order valence-electron chi connectivity index (χ3n) is 4.87. The Labute approximate surface area is 139 Å². The van der Waals surface area contributed by atoms with Gasteiger partial charge in [-0.2, -0.15) is 0 Å². The number of piperidine rings is 1. The molecule has 1 saturated heterocycles. The van der Waals surface area contributed by atoms with Crippen molar-refractivity contribution in [2.45, 2.75) is 64.1 Å². The Hall–Kier alpha value is -1.55. The second kappa shape index (κ2) is 7.35. The lowest BCUT2D eigenvalue weighted by Gasteiger charge is -2.36. The van der Waals surface area contributed by atoms with Crippen molar-refractivity contribution in [1.29, 1.82) is 0 Å². The summed E-state index contributed by atoms with van der Waals surface area (Å²) in [6.45, 7) is 5.78. The number of nitrogens with zero attached hydrogens (tertiary/aromatic N) is 1. The summed E-state index contributed by atoms with van der Waals surface area (Å²) < 4.78 is 5.76. The van der Waals surface area contributed by atoms with Crippen molar-refractivity contribution in [2.24, 2.45) is 0 Å². The summed E-state index contributed by atoms with van der Waals surface area (Å²) in [7, 11) is 0. The Kier molecular flexibility index (Phi) is 5.21. The van der Waals surface area contributed by atoms with Crippen LogP contribution in [0.15, 0.2) is 24.3 Å². The largest absolute Gasteiger partial charge is 0.481 e. The minimum Gasteiger partial charge on any atom is -0.481 e. The maximum Gasteiger partial charge on any atom is 0.260 e. The van der Waals surface area contributed by atoms with Gasteiger partial charge < -0.3 is 10.1 Å². The molecule has 0 radical (unpaired) electrons. The third-order valence-corrected chi connectivity index (χ3v) is 4.87. The molecule has 23 heavy (non-hydrogen) atoms. The van der Waals surface area contributed by atoms with Gasteiger partial charge >= 0.3 is 0 Å². The molecule has 2 fully saturated rings. The van der Waals surface area contributed by atoms with E-state index >= 15 is 0 Å². The second-order valence-electron chi connectivity index (χ2n) is 6.94. The standard InChI is InChI=1S/C19H28N2O2/c1-14-6-5-8-18(12-14)23-15(2)19(22)20-13-17-7-3-4-11-21(17)16-9-10-16/h5-6,8,12,15-17H,3-4,7,9-11,13H2,1-2H3,(H,20,22)/t15-,17+/m1/s1. The van der Waals surface area contributed by atoms with Gasteiger partial charge in [0.15, 0.2) is 6.10 Å². The molecule has 1 saturated carbocycles. The first-order valence-corrected chi connectivity index (χ1v) is 8.90. The molecule has 0 spiro atoms. The van der Waals surface area contributed by atoms with Gasteiger partial charge in [0.2, 0.25) is 0 Å². The molecule has 1 aromatic rings. The maximum absolute atomic E-state index is 12.3. The van der Waals surface area contributed by atoms with Crippen LogP contribution in [0.1, 0.15) is 44.6 Å². The molecule has 2 aliphatic rings. The van der Waals surface area contributed by atoms with Crippen LogP contribution in [-0.4, -0.2) is 42.1 Å². The fourth-order valence-electron chi connectivity index (χ4n) is 3.44. The smallest absolute Gasteiger partial charge is 0.260 e. The molecule has 0 unspecified atom stereocenters. The zero-order chi connectivity index (χ0) is 16.2. The molecule has 3 rings (SSSR count). The maximum atomic E-state index is 12.3. The summed E-state index contributed by atoms with van der Waals surface area (Å²) in [5.41, 5.74) is 1.14. The minimum absolute atomic E-state index is 0.0205. The predicted molar refractivity (Wildman–Crippen MR) is 91.6 cm³/mol. The van der Waals surface area contributed by atoms with E-state index in [1.165, 1.54) is 38.6 Å². The highest BCUT2D eigenvalue weighted by Gasteiger charge is 2.35. The molecular formula is C19H28N2O2. The summed E-state index contributed by atoms with van der Waals surface area (Å²) in [5, 5.41) is 3.09. The zero-order valence-corrected chi connectivity index (χ0v) is 14.3. The number of carbonyl (C=O) groups is 1. The monoisotopic (exact) mass is 316 g/mol. The summed E-state index contributed by atoms with van der Waals surface area (Å²) in [4.78, 5) is 14.9. The highest BCUT2D eigenvalue weighted by Crippen LogP contribution is 2.32. The summed E-state index contributed by atoms with van der Waals surface area (Å²) in [6, 6.07) is 9.11. The van der Waals surface area contributed by atoms with Crippen molar-refractivity contribution in [3.63, 3.8) is 0 Å². The number of likely N-dealkylation sites (tertiary alicyclic amines) is 1. The van der Waals surface area contributed by atoms with Crippen LogP contribution >= 0.6 is 0 Å². The number of aryl methyl sites for hydroxylation is 1. The van der Waals surface area contributed by atoms with Crippen molar-refractivity contribution >= 4 is 5.91 Å². The van der Waals surface area contributed by atoms with Gasteiger partial charge in [-0.05, 0) is 63.8 Å². The SMILES string of the molecule is Cc1cccc(O[C@H](C)C(=O)NC[C@@H]2CCCCN2C2CC2)c1. The van der Waals surface area contributed by atoms with Gasteiger partial charge in [-0.15, -0.1) is 0 Å². The molecule has 1 N–H and O–H groups in total. The fraction of sp³-hybridized carbons (Fsp3) is 0.632. The second-order valence-corrected chi connectivity index (χ2v) is 6.94. The Balaban J connectivity index is 1.48. The van der Waals surface area contributed by atoms with E-state index < -0.39 is 6.10 Å². The van der Waals surface area contributed by atoms with Crippen LogP contribution in [0.2, 0.25) is 0 Å². The summed E-state index contributed by atoms with van der Waals surface area (Å²) >= 11 is 0. The van der Waals surface area contributed by atoms with E-state index in [2.05, 4.69) is 10.2 Å².